The highest BCUT2D eigenvalue weighted by Crippen LogP contribution is 2.22. The first-order valence-electron chi connectivity index (χ1n) is 4.91. The zero-order chi connectivity index (χ0) is 11.7. The molecule has 1 N–H and O–H groups in total. The van der Waals surface area contributed by atoms with Gasteiger partial charge in [-0.2, -0.15) is 5.10 Å². The zero-order valence-corrected chi connectivity index (χ0v) is 9.80. The van der Waals surface area contributed by atoms with Gasteiger partial charge in [0.15, 0.2) is 0 Å². The molecule has 0 amide bonds. The van der Waals surface area contributed by atoms with Crippen molar-refractivity contribution in [2.75, 3.05) is 0 Å². The van der Waals surface area contributed by atoms with Crippen LogP contribution in [0, 0.1) is 13.8 Å². The van der Waals surface area contributed by atoms with Crippen LogP contribution in [0.15, 0.2) is 29.1 Å². The Balaban J connectivity index is 2.67. The van der Waals surface area contributed by atoms with E-state index in [-0.39, 0.29) is 10.7 Å². The molecule has 16 heavy (non-hydrogen) atoms. The molecule has 0 bridgehead atoms. The molecular weight excluding hydrogens is 224 g/mol. The van der Waals surface area contributed by atoms with Gasteiger partial charge in [0.2, 0.25) is 0 Å². The summed E-state index contributed by atoms with van der Waals surface area (Å²) >= 11 is 5.77. The largest absolute Gasteiger partial charge is 0.272 e. The summed E-state index contributed by atoms with van der Waals surface area (Å²) in [6.07, 6.45) is 0. The van der Waals surface area contributed by atoms with Crippen molar-refractivity contribution in [1.82, 2.24) is 10.2 Å². The van der Waals surface area contributed by atoms with Gasteiger partial charge in [-0.25, -0.2) is 5.10 Å². The smallest absolute Gasteiger partial charge is 0.267 e. The Hall–Kier alpha value is -1.61. The molecule has 0 aliphatic carbocycles. The van der Waals surface area contributed by atoms with Gasteiger partial charge in [0.25, 0.3) is 5.56 Å². The van der Waals surface area contributed by atoms with Crippen molar-refractivity contribution in [3.63, 3.8) is 0 Å². The third-order valence-electron chi connectivity index (χ3n) is 2.44. The average Bonchev–Trinajstić information content (AvgIpc) is 2.22. The van der Waals surface area contributed by atoms with Gasteiger partial charge < -0.3 is 0 Å². The van der Waals surface area contributed by atoms with Crippen LogP contribution in [0.4, 0.5) is 0 Å². The fraction of sp³-hybridized carbons (Fsp3) is 0.167. The number of H-pyrrole nitrogens is 1. The second-order valence-electron chi connectivity index (χ2n) is 3.75. The van der Waals surface area contributed by atoms with Crippen LogP contribution in [0.3, 0.4) is 0 Å². The summed E-state index contributed by atoms with van der Waals surface area (Å²) in [5, 5.41) is 6.30. The molecule has 2 rings (SSSR count). The van der Waals surface area contributed by atoms with Gasteiger partial charge in [0.1, 0.15) is 5.15 Å². The first kappa shape index (κ1) is 10.9. The normalized spacial score (nSPS) is 10.4. The van der Waals surface area contributed by atoms with Crippen molar-refractivity contribution >= 4 is 11.6 Å². The molecule has 0 spiro atoms. The summed E-state index contributed by atoms with van der Waals surface area (Å²) in [5.74, 6) is 0. The topological polar surface area (TPSA) is 45.8 Å². The molecule has 2 aromatic rings. The lowest BCUT2D eigenvalue weighted by atomic mass is 10.0. The SMILES string of the molecule is Cc1ccc(-c2cc(Cl)n[nH]c2=O)c(C)c1. The molecular formula is C12H11ClN2O. The summed E-state index contributed by atoms with van der Waals surface area (Å²) in [6.45, 7) is 3.98. The maximum atomic E-state index is 11.6. The lowest BCUT2D eigenvalue weighted by Crippen LogP contribution is -2.11. The van der Waals surface area contributed by atoms with E-state index in [1.807, 2.05) is 32.0 Å². The zero-order valence-electron chi connectivity index (χ0n) is 9.04. The quantitative estimate of drug-likeness (QED) is 0.825. The van der Waals surface area contributed by atoms with Crippen LogP contribution in [0.5, 0.6) is 0 Å². The summed E-state index contributed by atoms with van der Waals surface area (Å²) < 4.78 is 0. The Labute approximate surface area is 98.1 Å². The van der Waals surface area contributed by atoms with E-state index in [1.165, 1.54) is 0 Å². The summed E-state index contributed by atoms with van der Waals surface area (Å²) in [6, 6.07) is 7.50. The minimum absolute atomic E-state index is 0.226. The van der Waals surface area contributed by atoms with Crippen molar-refractivity contribution < 1.29 is 0 Å². The highest BCUT2D eigenvalue weighted by molar-refractivity contribution is 6.29. The fourth-order valence-electron chi connectivity index (χ4n) is 1.70. The molecule has 0 saturated heterocycles. The highest BCUT2D eigenvalue weighted by atomic mass is 35.5. The molecule has 1 aromatic heterocycles. The Morgan fingerprint density at radius 3 is 2.62 bits per heavy atom. The predicted octanol–water partition coefficient (Wildman–Crippen LogP) is 2.71. The number of aryl methyl sites for hydroxylation is 2. The number of benzene rings is 1. The number of hydrogen-bond donors (Lipinski definition) is 1. The third kappa shape index (κ3) is 1.99. The Bertz CT molecular complexity index is 590. The van der Waals surface area contributed by atoms with Crippen molar-refractivity contribution in [2.45, 2.75) is 13.8 Å². The van der Waals surface area contributed by atoms with Gasteiger partial charge in [0.05, 0.1) is 5.56 Å². The molecule has 0 radical (unpaired) electrons. The second kappa shape index (κ2) is 4.10. The van der Waals surface area contributed by atoms with Gasteiger partial charge in [-0.1, -0.05) is 35.4 Å². The summed E-state index contributed by atoms with van der Waals surface area (Å²) in [4.78, 5) is 11.6. The lowest BCUT2D eigenvalue weighted by molar-refractivity contribution is 0.991. The van der Waals surface area contributed by atoms with E-state index in [1.54, 1.807) is 6.07 Å². The van der Waals surface area contributed by atoms with Gasteiger partial charge in [0, 0.05) is 0 Å². The fourth-order valence-corrected chi connectivity index (χ4v) is 1.85. The molecule has 1 heterocycles. The van der Waals surface area contributed by atoms with Crippen molar-refractivity contribution in [1.29, 1.82) is 0 Å². The van der Waals surface area contributed by atoms with Crippen LogP contribution in [-0.2, 0) is 0 Å². The number of rotatable bonds is 1. The van der Waals surface area contributed by atoms with Crippen molar-refractivity contribution in [3.8, 4) is 11.1 Å². The van der Waals surface area contributed by atoms with Crippen LogP contribution in [-0.4, -0.2) is 10.2 Å². The molecule has 0 aliphatic rings. The van der Waals surface area contributed by atoms with Crippen LogP contribution < -0.4 is 5.56 Å². The number of aromatic amines is 1. The van der Waals surface area contributed by atoms with Gasteiger partial charge in [-0.15, -0.1) is 0 Å². The highest BCUT2D eigenvalue weighted by Gasteiger charge is 2.07. The molecule has 4 heteroatoms. The average molecular weight is 235 g/mol. The van der Waals surface area contributed by atoms with E-state index in [0.29, 0.717) is 5.56 Å². The maximum absolute atomic E-state index is 11.6. The standard InChI is InChI=1S/C12H11ClN2O/c1-7-3-4-9(8(2)5-7)10-6-11(13)14-15-12(10)16/h3-6H,1-2H3,(H,15,16). The molecule has 3 nitrogen and oxygen atoms in total. The van der Waals surface area contributed by atoms with Gasteiger partial charge >= 0.3 is 0 Å². The molecule has 0 fully saturated rings. The first-order valence-corrected chi connectivity index (χ1v) is 5.28. The summed E-state index contributed by atoms with van der Waals surface area (Å²) in [5.41, 5.74) is 3.43. The van der Waals surface area contributed by atoms with Crippen LogP contribution in [0.1, 0.15) is 11.1 Å². The number of nitrogens with zero attached hydrogens (tertiary/aromatic N) is 1. The second-order valence-corrected chi connectivity index (χ2v) is 4.14. The Kier molecular flexibility index (Phi) is 2.79. The first-order chi connectivity index (χ1) is 7.58. The van der Waals surface area contributed by atoms with E-state index in [0.717, 1.165) is 16.7 Å². The maximum Gasteiger partial charge on any atom is 0.272 e. The number of hydrogen-bond acceptors (Lipinski definition) is 2. The summed E-state index contributed by atoms with van der Waals surface area (Å²) in [7, 11) is 0. The van der Waals surface area contributed by atoms with Crippen molar-refractivity contribution in [3.05, 3.63) is 50.9 Å². The minimum Gasteiger partial charge on any atom is -0.267 e. The molecule has 0 saturated carbocycles. The lowest BCUT2D eigenvalue weighted by Gasteiger charge is -2.05. The van der Waals surface area contributed by atoms with E-state index in [9.17, 15) is 4.79 Å². The molecule has 0 aliphatic heterocycles. The van der Waals surface area contributed by atoms with E-state index >= 15 is 0 Å². The minimum atomic E-state index is -0.226. The monoisotopic (exact) mass is 234 g/mol. The van der Waals surface area contributed by atoms with Gasteiger partial charge in [-0.05, 0) is 31.0 Å². The Morgan fingerprint density at radius 1 is 1.19 bits per heavy atom. The molecule has 1 aromatic carbocycles. The van der Waals surface area contributed by atoms with Crippen molar-refractivity contribution in [2.24, 2.45) is 0 Å². The third-order valence-corrected chi connectivity index (χ3v) is 2.64. The number of nitrogens with one attached hydrogen (secondary N) is 1. The van der Waals surface area contributed by atoms with Crippen LogP contribution in [0.25, 0.3) is 11.1 Å². The predicted molar refractivity (Wildman–Crippen MR) is 64.8 cm³/mol. The molecule has 0 unspecified atom stereocenters. The Morgan fingerprint density at radius 2 is 1.94 bits per heavy atom. The van der Waals surface area contributed by atoms with Gasteiger partial charge in [-0.3, -0.25) is 4.79 Å². The van der Waals surface area contributed by atoms with E-state index in [2.05, 4.69) is 10.2 Å². The molecule has 82 valence electrons. The van der Waals surface area contributed by atoms with Crippen LogP contribution >= 0.6 is 11.6 Å². The van der Waals surface area contributed by atoms with Crippen LogP contribution in [0.2, 0.25) is 5.15 Å². The number of halogens is 1. The molecule has 0 atom stereocenters. The van der Waals surface area contributed by atoms with E-state index < -0.39 is 0 Å². The number of aromatic nitrogens is 2. The van der Waals surface area contributed by atoms with E-state index in [4.69, 9.17) is 11.6 Å².